The molecule has 3 aliphatic rings. The molecule has 4 unspecified atom stereocenters. The molecule has 0 aromatic heterocycles. The van der Waals surface area contributed by atoms with Gasteiger partial charge in [-0.1, -0.05) is 120 Å². The van der Waals surface area contributed by atoms with Gasteiger partial charge in [0.15, 0.2) is 0 Å². The Morgan fingerprint density at radius 2 is 0.808 bits per heavy atom. The molecule has 2 heterocycles. The molecular weight excluding hydrogens is 645 g/mol. The van der Waals surface area contributed by atoms with Crippen LogP contribution < -0.4 is 4.90 Å². The van der Waals surface area contributed by atoms with Gasteiger partial charge < -0.3 is 0 Å². The second-order valence-electron chi connectivity index (χ2n) is 15.7. The van der Waals surface area contributed by atoms with Crippen molar-refractivity contribution in [1.29, 1.82) is 0 Å². The molecule has 2 saturated heterocycles. The molecule has 2 aliphatic heterocycles. The Morgan fingerprint density at radius 1 is 0.462 bits per heavy atom. The van der Waals surface area contributed by atoms with Gasteiger partial charge in [0.1, 0.15) is 0 Å². The Labute approximate surface area is 308 Å². The van der Waals surface area contributed by atoms with E-state index in [0.29, 0.717) is 24.9 Å². The quantitative estimate of drug-likeness (QED) is 0.139. The fourth-order valence-corrected chi connectivity index (χ4v) is 8.69. The van der Waals surface area contributed by atoms with E-state index < -0.39 is 29.2 Å². The summed E-state index contributed by atoms with van der Waals surface area (Å²) in [5, 5.41) is 0. The number of anilines is 1. The van der Waals surface area contributed by atoms with E-state index in [2.05, 4.69) is 93.6 Å². The zero-order valence-electron chi connectivity index (χ0n) is 31.3. The Bertz CT molecular complexity index is 1950. The molecule has 268 valence electrons. The third kappa shape index (κ3) is 5.81. The van der Waals surface area contributed by atoms with Crippen LogP contribution in [0.1, 0.15) is 95.0 Å². The Kier molecular flexibility index (Phi) is 9.31. The van der Waals surface area contributed by atoms with Crippen LogP contribution in [0.4, 0.5) is 5.69 Å². The first kappa shape index (κ1) is 35.6. The summed E-state index contributed by atoms with van der Waals surface area (Å²) in [7, 11) is 0. The van der Waals surface area contributed by atoms with Crippen molar-refractivity contribution in [1.82, 2.24) is 4.90 Å². The van der Waals surface area contributed by atoms with Crippen LogP contribution >= 0.6 is 0 Å². The van der Waals surface area contributed by atoms with Crippen LogP contribution in [-0.4, -0.2) is 34.1 Å². The first-order valence-corrected chi connectivity index (χ1v) is 19.1. The van der Waals surface area contributed by atoms with Crippen LogP contribution in [0.2, 0.25) is 0 Å². The lowest BCUT2D eigenvalue weighted by Gasteiger charge is -2.36. The number of carbonyl (C=O) groups is 4. The van der Waals surface area contributed by atoms with Gasteiger partial charge in [0.05, 0.1) is 29.4 Å². The molecule has 4 aromatic rings. The van der Waals surface area contributed by atoms with Crippen LogP contribution in [0, 0.1) is 23.7 Å². The summed E-state index contributed by atoms with van der Waals surface area (Å²) in [6.45, 7) is 12.7. The molecule has 0 radical (unpaired) electrons. The van der Waals surface area contributed by atoms with E-state index in [4.69, 9.17) is 0 Å². The molecule has 3 fully saturated rings. The van der Waals surface area contributed by atoms with Crippen molar-refractivity contribution in [2.24, 2.45) is 23.7 Å². The zero-order valence-corrected chi connectivity index (χ0v) is 31.3. The molecule has 4 amide bonds. The summed E-state index contributed by atoms with van der Waals surface area (Å²) in [5.41, 5.74) is 8.70. The minimum atomic E-state index is -0.758. The highest BCUT2D eigenvalue weighted by molar-refractivity contribution is 6.27. The normalized spacial score (nSPS) is 21.4. The van der Waals surface area contributed by atoms with Crippen molar-refractivity contribution < 1.29 is 19.2 Å². The molecule has 0 spiro atoms. The SMILES string of the molecule is CCC(C)(CC)c1ccc(Cc2ccc(-c3ccc(Cc4ccc(N5C(=O)C6C(C5=O)C5C(=O)N(C(C)(CC)CC)C(=O)C65)cc4)cc3)cc2)cc1. The minimum absolute atomic E-state index is 0.237. The molecule has 4 atom stereocenters. The predicted octanol–water partition coefficient (Wildman–Crippen LogP) is 8.91. The van der Waals surface area contributed by atoms with E-state index in [1.807, 2.05) is 32.9 Å². The number of nitrogens with zero attached hydrogens (tertiary/aromatic N) is 2. The number of hydrogen-bond acceptors (Lipinski definition) is 4. The lowest BCUT2D eigenvalue weighted by atomic mass is 9.59. The van der Waals surface area contributed by atoms with Crippen LogP contribution in [0.5, 0.6) is 0 Å². The second-order valence-corrected chi connectivity index (χ2v) is 15.7. The van der Waals surface area contributed by atoms with Gasteiger partial charge >= 0.3 is 0 Å². The van der Waals surface area contributed by atoms with E-state index in [0.717, 1.165) is 36.0 Å². The van der Waals surface area contributed by atoms with E-state index in [9.17, 15) is 19.2 Å². The second kappa shape index (κ2) is 13.6. The highest BCUT2D eigenvalue weighted by atomic mass is 16.2. The molecule has 4 aromatic carbocycles. The largest absolute Gasteiger partial charge is 0.276 e. The predicted molar refractivity (Wildman–Crippen MR) is 206 cm³/mol. The van der Waals surface area contributed by atoms with E-state index in [1.165, 1.54) is 32.1 Å². The third-order valence-electron chi connectivity index (χ3n) is 13.1. The Morgan fingerprint density at radius 3 is 1.17 bits per heavy atom. The van der Waals surface area contributed by atoms with Crippen molar-refractivity contribution in [2.75, 3.05) is 4.90 Å². The number of carbonyl (C=O) groups excluding carboxylic acids is 4. The van der Waals surface area contributed by atoms with Crippen molar-refractivity contribution in [3.8, 4) is 11.1 Å². The average molecular weight is 695 g/mol. The maximum Gasteiger partial charge on any atom is 0.238 e. The maximum atomic E-state index is 13.6. The lowest BCUT2D eigenvalue weighted by Crippen LogP contribution is -2.50. The fourth-order valence-electron chi connectivity index (χ4n) is 8.69. The van der Waals surface area contributed by atoms with Gasteiger partial charge in [-0.2, -0.15) is 0 Å². The summed E-state index contributed by atoms with van der Waals surface area (Å²) in [6.07, 6.45) is 5.15. The monoisotopic (exact) mass is 694 g/mol. The van der Waals surface area contributed by atoms with E-state index in [1.54, 1.807) is 12.1 Å². The van der Waals surface area contributed by atoms with E-state index in [-0.39, 0.29) is 29.0 Å². The van der Waals surface area contributed by atoms with Gasteiger partial charge in [-0.3, -0.25) is 29.0 Å². The van der Waals surface area contributed by atoms with Crippen molar-refractivity contribution in [3.63, 3.8) is 0 Å². The number of likely N-dealkylation sites (tertiary alicyclic amines) is 1. The standard InChI is InChI=1S/C46H50N2O4/c1-7-45(5,8-2)35-23-15-31(16-24-35)27-29-11-19-33(20-12-29)34-21-13-30(14-22-34)28-32-17-25-36(26-18-32)47-41(49)37-38(42(47)50)40-39(37)43(51)48(44(40)52)46(6,9-3)10-4/h11-26,37-40H,7-10,27-28H2,1-6H3. The van der Waals surface area contributed by atoms with Crippen molar-refractivity contribution >= 4 is 29.3 Å². The first-order valence-electron chi connectivity index (χ1n) is 19.1. The summed E-state index contributed by atoms with van der Waals surface area (Å²) in [4.78, 5) is 56.6. The molecule has 6 heteroatoms. The van der Waals surface area contributed by atoms with E-state index >= 15 is 0 Å². The Balaban J connectivity index is 0.968. The molecule has 0 bridgehead atoms. The Hall–Kier alpha value is -4.84. The maximum absolute atomic E-state index is 13.6. The zero-order chi connectivity index (χ0) is 36.9. The number of rotatable bonds is 12. The molecule has 0 N–H and O–H groups in total. The summed E-state index contributed by atoms with van der Waals surface area (Å²) in [6, 6.07) is 34.0. The fraction of sp³-hybridized carbons (Fsp3) is 0.391. The van der Waals surface area contributed by atoms with Crippen LogP contribution in [0.15, 0.2) is 97.1 Å². The van der Waals surface area contributed by atoms with Crippen LogP contribution in [-0.2, 0) is 37.4 Å². The molecule has 7 rings (SSSR count). The minimum Gasteiger partial charge on any atom is -0.276 e. The topological polar surface area (TPSA) is 74.8 Å². The molecule has 52 heavy (non-hydrogen) atoms. The van der Waals surface area contributed by atoms with Gasteiger partial charge in [0.25, 0.3) is 0 Å². The number of hydrogen-bond donors (Lipinski definition) is 0. The van der Waals surface area contributed by atoms with Crippen LogP contribution in [0.25, 0.3) is 11.1 Å². The number of benzene rings is 4. The number of imide groups is 2. The molecule has 1 saturated carbocycles. The third-order valence-corrected chi connectivity index (χ3v) is 13.1. The molecule has 6 nitrogen and oxygen atoms in total. The van der Waals surface area contributed by atoms with Gasteiger partial charge in [-0.05, 0) is 102 Å². The molecule has 1 aliphatic carbocycles. The smallest absolute Gasteiger partial charge is 0.238 e. The highest BCUT2D eigenvalue weighted by Gasteiger charge is 2.74. The van der Waals surface area contributed by atoms with Gasteiger partial charge in [-0.25, -0.2) is 0 Å². The van der Waals surface area contributed by atoms with Crippen LogP contribution in [0.3, 0.4) is 0 Å². The summed E-state index contributed by atoms with van der Waals surface area (Å²) >= 11 is 0. The van der Waals surface area contributed by atoms with Crippen molar-refractivity contribution in [2.45, 2.75) is 91.0 Å². The number of fused-ring (bicyclic) bond motifs is 4. The first-order chi connectivity index (χ1) is 25.0. The van der Waals surface area contributed by atoms with Gasteiger partial charge in [-0.15, -0.1) is 0 Å². The number of amides is 4. The molecular formula is C46H50N2O4. The van der Waals surface area contributed by atoms with Gasteiger partial charge in [0.2, 0.25) is 23.6 Å². The average Bonchev–Trinajstić information content (AvgIpc) is 3.49. The van der Waals surface area contributed by atoms with Crippen molar-refractivity contribution in [3.05, 3.63) is 125 Å². The summed E-state index contributed by atoms with van der Waals surface area (Å²) < 4.78 is 0. The lowest BCUT2D eigenvalue weighted by molar-refractivity contribution is -0.147. The van der Waals surface area contributed by atoms with Gasteiger partial charge in [0, 0.05) is 5.54 Å². The summed E-state index contributed by atoms with van der Waals surface area (Å²) in [5.74, 6) is -4.32. The highest BCUT2D eigenvalue weighted by Crippen LogP contribution is 2.58.